The van der Waals surface area contributed by atoms with Gasteiger partial charge in [-0.1, -0.05) is 13.3 Å². The van der Waals surface area contributed by atoms with Gasteiger partial charge in [0.15, 0.2) is 5.69 Å². The Bertz CT molecular complexity index is 786. The Morgan fingerprint density at radius 2 is 2.20 bits per heavy atom. The molecule has 7 nitrogen and oxygen atoms in total. The fraction of sp³-hybridized carbons (Fsp3) is 0.500. The Balaban J connectivity index is 1.84. The number of ether oxygens (including phenoxy) is 1. The van der Waals surface area contributed by atoms with E-state index in [1.54, 1.807) is 12.0 Å². The molecule has 0 unspecified atom stereocenters. The number of methoxy groups -OCH3 is 1. The molecule has 0 aliphatic carbocycles. The van der Waals surface area contributed by atoms with E-state index in [9.17, 15) is 9.59 Å². The van der Waals surface area contributed by atoms with Crippen LogP contribution in [0.2, 0.25) is 0 Å². The van der Waals surface area contributed by atoms with Crippen LogP contribution in [0.5, 0.6) is 5.75 Å². The van der Waals surface area contributed by atoms with E-state index in [-0.39, 0.29) is 23.8 Å². The first kappa shape index (κ1) is 17.3. The molecule has 0 bridgehead atoms. The van der Waals surface area contributed by atoms with E-state index in [1.165, 1.54) is 6.92 Å². The molecule has 134 valence electrons. The Labute approximate surface area is 146 Å². The van der Waals surface area contributed by atoms with Gasteiger partial charge in [0, 0.05) is 25.4 Å². The summed E-state index contributed by atoms with van der Waals surface area (Å²) in [5, 5.41) is 10.8. The maximum Gasteiger partial charge on any atom is 0.275 e. The fourth-order valence-electron chi connectivity index (χ4n) is 3.56. The van der Waals surface area contributed by atoms with Crippen LogP contribution in [0.1, 0.15) is 37.2 Å². The summed E-state index contributed by atoms with van der Waals surface area (Å²) in [6, 6.07) is 5.49. The molecule has 2 atom stereocenters. The van der Waals surface area contributed by atoms with Gasteiger partial charge >= 0.3 is 0 Å². The van der Waals surface area contributed by atoms with Crippen molar-refractivity contribution in [2.45, 2.75) is 32.7 Å². The van der Waals surface area contributed by atoms with Crippen molar-refractivity contribution >= 4 is 22.7 Å². The van der Waals surface area contributed by atoms with Crippen molar-refractivity contribution in [1.82, 2.24) is 20.4 Å². The molecule has 2 N–H and O–H groups in total. The summed E-state index contributed by atoms with van der Waals surface area (Å²) in [4.78, 5) is 26.2. The normalized spacial score (nSPS) is 20.0. The van der Waals surface area contributed by atoms with Gasteiger partial charge in [-0.25, -0.2) is 0 Å². The zero-order chi connectivity index (χ0) is 18.0. The number of carbonyl (C=O) groups excluding carboxylic acids is 2. The lowest BCUT2D eigenvalue weighted by Crippen LogP contribution is -2.39. The van der Waals surface area contributed by atoms with Crippen LogP contribution in [0.25, 0.3) is 10.9 Å². The highest BCUT2D eigenvalue weighted by Gasteiger charge is 2.36. The lowest BCUT2D eigenvalue weighted by molar-refractivity contribution is -0.119. The van der Waals surface area contributed by atoms with Crippen molar-refractivity contribution < 1.29 is 14.3 Å². The highest BCUT2D eigenvalue weighted by molar-refractivity contribution is 6.05. The number of fused-ring (bicyclic) bond motifs is 1. The SMILES string of the molecule is CCC[C@H]1CN(C(=O)c2n[nH]c3ccc(OC)cc23)C[C@@H]1NC(C)=O. The molecule has 2 aromatic rings. The molecule has 7 heteroatoms. The largest absolute Gasteiger partial charge is 0.497 e. The molecule has 1 aromatic carbocycles. The van der Waals surface area contributed by atoms with E-state index in [2.05, 4.69) is 22.4 Å². The number of H-pyrrole nitrogens is 1. The van der Waals surface area contributed by atoms with E-state index in [0.717, 1.165) is 23.7 Å². The summed E-state index contributed by atoms with van der Waals surface area (Å²) in [6.45, 7) is 4.78. The topological polar surface area (TPSA) is 87.3 Å². The van der Waals surface area contributed by atoms with Crippen molar-refractivity contribution in [1.29, 1.82) is 0 Å². The molecule has 1 saturated heterocycles. The van der Waals surface area contributed by atoms with Crippen LogP contribution >= 0.6 is 0 Å². The zero-order valence-corrected chi connectivity index (χ0v) is 14.8. The average Bonchev–Trinajstić information content (AvgIpc) is 3.18. The maximum absolute atomic E-state index is 13.0. The summed E-state index contributed by atoms with van der Waals surface area (Å²) in [5.41, 5.74) is 1.19. The second kappa shape index (κ2) is 7.13. The van der Waals surface area contributed by atoms with E-state index >= 15 is 0 Å². The molecule has 0 saturated carbocycles. The lowest BCUT2D eigenvalue weighted by Gasteiger charge is -2.17. The van der Waals surface area contributed by atoms with Crippen LogP contribution in [-0.4, -0.2) is 53.2 Å². The van der Waals surface area contributed by atoms with Gasteiger partial charge in [0.1, 0.15) is 5.75 Å². The van der Waals surface area contributed by atoms with Crippen molar-refractivity contribution in [2.24, 2.45) is 5.92 Å². The monoisotopic (exact) mass is 344 g/mol. The smallest absolute Gasteiger partial charge is 0.275 e. The Morgan fingerprint density at radius 1 is 1.40 bits per heavy atom. The molecule has 1 aliphatic heterocycles. The van der Waals surface area contributed by atoms with Gasteiger partial charge in [0.05, 0.1) is 18.7 Å². The van der Waals surface area contributed by atoms with E-state index < -0.39 is 0 Å². The molecule has 1 aliphatic rings. The molecule has 0 radical (unpaired) electrons. The van der Waals surface area contributed by atoms with Gasteiger partial charge in [0.25, 0.3) is 5.91 Å². The maximum atomic E-state index is 13.0. The first-order valence-corrected chi connectivity index (χ1v) is 8.62. The van der Waals surface area contributed by atoms with E-state index in [0.29, 0.717) is 24.5 Å². The number of nitrogens with one attached hydrogen (secondary N) is 2. The van der Waals surface area contributed by atoms with Crippen molar-refractivity contribution in [3.05, 3.63) is 23.9 Å². The van der Waals surface area contributed by atoms with E-state index in [4.69, 9.17) is 4.74 Å². The lowest BCUT2D eigenvalue weighted by atomic mass is 9.98. The quantitative estimate of drug-likeness (QED) is 0.868. The number of aromatic amines is 1. The van der Waals surface area contributed by atoms with Gasteiger partial charge in [-0.15, -0.1) is 0 Å². The first-order valence-electron chi connectivity index (χ1n) is 8.62. The van der Waals surface area contributed by atoms with Crippen molar-refractivity contribution in [3.8, 4) is 5.75 Å². The number of hydrogen-bond donors (Lipinski definition) is 2. The summed E-state index contributed by atoms with van der Waals surface area (Å²) in [7, 11) is 1.59. The second-order valence-electron chi connectivity index (χ2n) is 6.55. The minimum atomic E-state index is -0.117. The minimum absolute atomic E-state index is 0.00106. The number of rotatable bonds is 5. The van der Waals surface area contributed by atoms with Crippen molar-refractivity contribution in [2.75, 3.05) is 20.2 Å². The van der Waals surface area contributed by atoms with Crippen LogP contribution in [-0.2, 0) is 4.79 Å². The third-order valence-corrected chi connectivity index (χ3v) is 4.75. The zero-order valence-electron chi connectivity index (χ0n) is 14.8. The van der Waals surface area contributed by atoms with Gasteiger partial charge < -0.3 is 15.0 Å². The third kappa shape index (κ3) is 3.45. The first-order chi connectivity index (χ1) is 12.0. The van der Waals surface area contributed by atoms with Gasteiger partial charge in [-0.3, -0.25) is 14.7 Å². The van der Waals surface area contributed by atoms with E-state index in [1.807, 2.05) is 18.2 Å². The molecule has 1 fully saturated rings. The summed E-state index contributed by atoms with van der Waals surface area (Å²) >= 11 is 0. The average molecular weight is 344 g/mol. The van der Waals surface area contributed by atoms with Gasteiger partial charge in [0.2, 0.25) is 5.91 Å². The standard InChI is InChI=1S/C18H24N4O3/c1-4-5-12-9-22(10-16(12)19-11(2)23)18(24)17-14-8-13(25-3)6-7-15(14)20-21-17/h6-8,12,16H,4-5,9-10H2,1-3H3,(H,19,23)(H,20,21)/t12-,16-/m0/s1. The van der Waals surface area contributed by atoms with Crippen molar-refractivity contribution in [3.63, 3.8) is 0 Å². The van der Waals surface area contributed by atoms with Crippen LogP contribution in [0.15, 0.2) is 18.2 Å². The molecule has 25 heavy (non-hydrogen) atoms. The fourth-order valence-corrected chi connectivity index (χ4v) is 3.56. The van der Waals surface area contributed by atoms with Gasteiger partial charge in [-0.2, -0.15) is 5.10 Å². The Morgan fingerprint density at radius 3 is 2.88 bits per heavy atom. The second-order valence-corrected chi connectivity index (χ2v) is 6.55. The highest BCUT2D eigenvalue weighted by atomic mass is 16.5. The predicted molar refractivity (Wildman–Crippen MR) is 94.6 cm³/mol. The predicted octanol–water partition coefficient (Wildman–Crippen LogP) is 1.95. The number of amides is 2. The molecular weight excluding hydrogens is 320 g/mol. The number of hydrogen-bond acceptors (Lipinski definition) is 4. The number of benzene rings is 1. The number of nitrogens with zero attached hydrogens (tertiary/aromatic N) is 2. The molecule has 0 spiro atoms. The molecule has 1 aromatic heterocycles. The molecule has 3 rings (SSSR count). The number of likely N-dealkylation sites (tertiary alicyclic amines) is 1. The molecule has 2 heterocycles. The summed E-state index contributed by atoms with van der Waals surface area (Å²) in [5.74, 6) is 0.783. The number of carbonyl (C=O) groups is 2. The Hall–Kier alpha value is -2.57. The Kier molecular flexibility index (Phi) is 4.92. The highest BCUT2D eigenvalue weighted by Crippen LogP contribution is 2.27. The minimum Gasteiger partial charge on any atom is -0.497 e. The molecular formula is C18H24N4O3. The van der Waals surface area contributed by atoms with Crippen LogP contribution < -0.4 is 10.1 Å². The van der Waals surface area contributed by atoms with Crippen LogP contribution in [0.4, 0.5) is 0 Å². The van der Waals surface area contributed by atoms with Gasteiger partial charge in [-0.05, 0) is 30.5 Å². The molecule has 2 amide bonds. The van der Waals surface area contributed by atoms with Crippen LogP contribution in [0.3, 0.4) is 0 Å². The summed E-state index contributed by atoms with van der Waals surface area (Å²) in [6.07, 6.45) is 2.00. The third-order valence-electron chi connectivity index (χ3n) is 4.75. The van der Waals surface area contributed by atoms with Crippen LogP contribution in [0, 0.1) is 5.92 Å². The summed E-state index contributed by atoms with van der Waals surface area (Å²) < 4.78 is 5.25. The number of aromatic nitrogens is 2.